The Morgan fingerprint density at radius 1 is 1.14 bits per heavy atom. The van der Waals surface area contributed by atoms with Crippen molar-refractivity contribution in [2.24, 2.45) is 0 Å². The first kappa shape index (κ1) is 21.7. The number of phenols is 1. The Kier molecular flexibility index (Phi) is 7.59. The van der Waals surface area contributed by atoms with Crippen molar-refractivity contribution in [3.8, 4) is 17.2 Å². The highest BCUT2D eigenvalue weighted by Crippen LogP contribution is 2.37. The van der Waals surface area contributed by atoms with Crippen LogP contribution in [0.2, 0.25) is 0 Å². The zero-order valence-electron chi connectivity index (χ0n) is 16.3. The first-order valence-corrected chi connectivity index (χ1v) is 8.63. The molecule has 1 amide bonds. The monoisotopic (exact) mass is 403 g/mol. The Morgan fingerprint density at radius 2 is 1.79 bits per heavy atom. The van der Waals surface area contributed by atoms with Gasteiger partial charge in [0, 0.05) is 12.5 Å². The van der Waals surface area contributed by atoms with Crippen molar-refractivity contribution in [3.63, 3.8) is 0 Å². The quantitative estimate of drug-likeness (QED) is 0.520. The minimum Gasteiger partial charge on any atom is -0.502 e. The highest BCUT2D eigenvalue weighted by molar-refractivity contribution is 5.94. The van der Waals surface area contributed by atoms with Crippen molar-refractivity contribution >= 4 is 18.0 Å². The number of aromatic hydroxyl groups is 1. The third-order valence-electron chi connectivity index (χ3n) is 4.06. The summed E-state index contributed by atoms with van der Waals surface area (Å²) in [4.78, 5) is 24.3. The molecule has 2 aromatic carbocycles. The number of halogens is 1. The number of rotatable bonds is 8. The molecule has 0 aliphatic heterocycles. The van der Waals surface area contributed by atoms with Crippen molar-refractivity contribution in [3.05, 3.63) is 59.4 Å². The predicted octanol–water partition coefficient (Wildman–Crippen LogP) is 2.46. The molecule has 0 radical (unpaired) electrons. The number of carbonyl (C=O) groups excluding carboxylic acids is 2. The Bertz CT molecular complexity index is 887. The second-order valence-electron chi connectivity index (χ2n) is 6.03. The summed E-state index contributed by atoms with van der Waals surface area (Å²) in [5.41, 5.74) is 1.07. The van der Waals surface area contributed by atoms with Gasteiger partial charge in [0.25, 0.3) is 0 Å². The van der Waals surface area contributed by atoms with Gasteiger partial charge in [-0.05, 0) is 41.5 Å². The van der Waals surface area contributed by atoms with E-state index in [1.165, 1.54) is 63.8 Å². The average Bonchev–Trinajstić information content (AvgIpc) is 2.71. The molecule has 0 aromatic heterocycles. The van der Waals surface area contributed by atoms with E-state index in [0.29, 0.717) is 11.1 Å². The molecule has 0 saturated carbocycles. The average molecular weight is 403 g/mol. The predicted molar refractivity (Wildman–Crippen MR) is 104 cm³/mol. The van der Waals surface area contributed by atoms with Crippen molar-refractivity contribution in [1.29, 1.82) is 0 Å². The van der Waals surface area contributed by atoms with Crippen LogP contribution in [0.5, 0.6) is 17.2 Å². The van der Waals surface area contributed by atoms with Gasteiger partial charge in [-0.25, -0.2) is 9.18 Å². The first-order valence-electron chi connectivity index (χ1n) is 8.63. The van der Waals surface area contributed by atoms with E-state index in [4.69, 9.17) is 14.2 Å². The third-order valence-corrected chi connectivity index (χ3v) is 4.06. The normalized spacial score (nSPS) is 11.7. The van der Waals surface area contributed by atoms with Gasteiger partial charge in [-0.2, -0.15) is 0 Å². The van der Waals surface area contributed by atoms with Crippen LogP contribution in [0.25, 0.3) is 6.08 Å². The molecule has 2 aromatic rings. The maximum absolute atomic E-state index is 13.4. The van der Waals surface area contributed by atoms with Crippen LogP contribution in [0, 0.1) is 5.82 Å². The summed E-state index contributed by atoms with van der Waals surface area (Å²) in [6, 6.07) is 7.80. The van der Waals surface area contributed by atoms with Crippen molar-refractivity contribution in [2.45, 2.75) is 12.5 Å². The van der Waals surface area contributed by atoms with Gasteiger partial charge < -0.3 is 24.6 Å². The van der Waals surface area contributed by atoms with Crippen LogP contribution in [0.4, 0.5) is 4.39 Å². The molecule has 7 nitrogen and oxygen atoms in total. The number of hydrogen-bond donors (Lipinski definition) is 2. The fourth-order valence-corrected chi connectivity index (χ4v) is 2.64. The van der Waals surface area contributed by atoms with E-state index >= 15 is 0 Å². The van der Waals surface area contributed by atoms with Gasteiger partial charge in [0.15, 0.2) is 11.5 Å². The highest BCUT2D eigenvalue weighted by atomic mass is 19.1. The zero-order chi connectivity index (χ0) is 21.4. The standard InChI is InChI=1S/C21H22FNO6/c1-27-17-11-14(12-18(28-2)20(17)25)7-8-19(24)23-16(21(26)29-3)10-13-5-4-6-15(22)9-13/h4-9,11-12,16,25H,10H2,1-3H3,(H,23,24)/b8-7+. The van der Waals surface area contributed by atoms with Crippen LogP contribution >= 0.6 is 0 Å². The van der Waals surface area contributed by atoms with Gasteiger partial charge in [0.2, 0.25) is 11.7 Å². The zero-order valence-corrected chi connectivity index (χ0v) is 16.3. The van der Waals surface area contributed by atoms with Gasteiger partial charge >= 0.3 is 5.97 Å². The number of ether oxygens (including phenoxy) is 3. The van der Waals surface area contributed by atoms with Gasteiger partial charge in [-0.3, -0.25) is 4.79 Å². The molecule has 0 saturated heterocycles. The SMILES string of the molecule is COC(=O)C(Cc1cccc(F)c1)NC(=O)/C=C/c1cc(OC)c(O)c(OC)c1. The van der Waals surface area contributed by atoms with E-state index in [0.717, 1.165) is 0 Å². The second kappa shape index (κ2) is 10.1. The molecule has 29 heavy (non-hydrogen) atoms. The number of nitrogens with one attached hydrogen (secondary N) is 1. The van der Waals surface area contributed by atoms with Crippen molar-refractivity contribution < 1.29 is 33.3 Å². The number of esters is 1. The van der Waals surface area contributed by atoms with Crippen LogP contribution in [0.3, 0.4) is 0 Å². The Hall–Kier alpha value is -3.55. The van der Waals surface area contributed by atoms with Gasteiger partial charge in [0.05, 0.1) is 21.3 Å². The van der Waals surface area contributed by atoms with E-state index in [-0.39, 0.29) is 23.7 Å². The van der Waals surface area contributed by atoms with E-state index in [9.17, 15) is 19.1 Å². The summed E-state index contributed by atoms with van der Waals surface area (Å²) in [5, 5.41) is 12.5. The maximum atomic E-state index is 13.4. The van der Waals surface area contributed by atoms with Crippen LogP contribution in [-0.2, 0) is 20.7 Å². The molecular weight excluding hydrogens is 381 g/mol. The van der Waals surface area contributed by atoms with E-state index < -0.39 is 23.7 Å². The van der Waals surface area contributed by atoms with Gasteiger partial charge in [0.1, 0.15) is 11.9 Å². The van der Waals surface area contributed by atoms with Crippen LogP contribution < -0.4 is 14.8 Å². The Labute approximate surface area is 167 Å². The maximum Gasteiger partial charge on any atom is 0.328 e. The van der Waals surface area contributed by atoms with Crippen molar-refractivity contribution in [1.82, 2.24) is 5.32 Å². The number of amides is 1. The van der Waals surface area contributed by atoms with Crippen LogP contribution in [0.1, 0.15) is 11.1 Å². The van der Waals surface area contributed by atoms with Gasteiger partial charge in [-0.1, -0.05) is 12.1 Å². The number of phenolic OH excluding ortho intramolecular Hbond substituents is 1. The molecule has 0 heterocycles. The molecule has 0 aliphatic carbocycles. The minimum atomic E-state index is -0.983. The Balaban J connectivity index is 2.14. The summed E-state index contributed by atoms with van der Waals surface area (Å²) in [5.74, 6) is -1.43. The lowest BCUT2D eigenvalue weighted by atomic mass is 10.1. The smallest absolute Gasteiger partial charge is 0.328 e. The first-order chi connectivity index (χ1) is 13.9. The number of hydrogen-bond acceptors (Lipinski definition) is 6. The fourth-order valence-electron chi connectivity index (χ4n) is 2.64. The molecule has 0 aliphatic rings. The minimum absolute atomic E-state index is 0.0743. The molecule has 1 unspecified atom stereocenters. The number of benzene rings is 2. The fraction of sp³-hybridized carbons (Fsp3) is 0.238. The molecular formula is C21H22FNO6. The molecule has 154 valence electrons. The van der Waals surface area contributed by atoms with E-state index in [1.54, 1.807) is 6.07 Å². The highest BCUT2D eigenvalue weighted by Gasteiger charge is 2.21. The summed E-state index contributed by atoms with van der Waals surface area (Å²) in [6.07, 6.45) is 2.76. The molecule has 1 atom stereocenters. The topological polar surface area (TPSA) is 94.1 Å². The van der Waals surface area contributed by atoms with Crippen LogP contribution in [0.15, 0.2) is 42.5 Å². The third kappa shape index (κ3) is 5.97. The molecule has 2 rings (SSSR count). The summed E-state index contributed by atoms with van der Waals surface area (Å²) in [7, 11) is 3.99. The molecule has 0 spiro atoms. The van der Waals surface area contributed by atoms with Crippen molar-refractivity contribution in [2.75, 3.05) is 21.3 Å². The summed E-state index contributed by atoms with van der Waals surface area (Å²) < 4.78 is 28.2. The lowest BCUT2D eigenvalue weighted by Crippen LogP contribution is -2.42. The summed E-state index contributed by atoms with van der Waals surface area (Å²) in [6.45, 7) is 0. The number of carbonyl (C=O) groups is 2. The Morgan fingerprint density at radius 3 is 2.34 bits per heavy atom. The van der Waals surface area contributed by atoms with E-state index in [2.05, 4.69) is 5.32 Å². The largest absolute Gasteiger partial charge is 0.502 e. The van der Waals surface area contributed by atoms with E-state index in [1.807, 2.05) is 0 Å². The molecule has 0 bridgehead atoms. The summed E-state index contributed by atoms with van der Waals surface area (Å²) >= 11 is 0. The van der Waals surface area contributed by atoms with Gasteiger partial charge in [-0.15, -0.1) is 0 Å². The molecule has 2 N–H and O–H groups in total. The number of methoxy groups -OCH3 is 3. The molecule has 0 fully saturated rings. The lowest BCUT2D eigenvalue weighted by Gasteiger charge is -2.15. The molecule has 8 heteroatoms. The lowest BCUT2D eigenvalue weighted by molar-refractivity contribution is -0.144. The van der Waals surface area contributed by atoms with Crippen LogP contribution in [-0.4, -0.2) is 44.4 Å². The second-order valence-corrected chi connectivity index (χ2v) is 6.03.